The highest BCUT2D eigenvalue weighted by atomic mass is 79.9. The zero-order chi connectivity index (χ0) is 10.0. The molecule has 76 valence electrons. The van der Waals surface area contributed by atoms with Crippen LogP contribution in [0.2, 0.25) is 0 Å². The molecule has 6 heteroatoms. The normalized spacial score (nSPS) is 43.3. The van der Waals surface area contributed by atoms with Gasteiger partial charge in [0.2, 0.25) is 0 Å². The smallest absolute Gasteiger partial charge is 0.150 e. The van der Waals surface area contributed by atoms with E-state index < -0.39 is 31.0 Å². The lowest BCUT2D eigenvalue weighted by atomic mass is 9.99. The van der Waals surface area contributed by atoms with Crippen molar-refractivity contribution >= 4 is 15.9 Å². The first-order chi connectivity index (χ1) is 6.11. The summed E-state index contributed by atoms with van der Waals surface area (Å²) in [6, 6.07) is 0. The van der Waals surface area contributed by atoms with Crippen molar-refractivity contribution in [2.45, 2.75) is 24.4 Å². The first-order valence-corrected chi connectivity index (χ1v) is 4.65. The van der Waals surface area contributed by atoms with Crippen LogP contribution in [-0.4, -0.2) is 51.4 Å². The molecule has 4 N–H and O–H groups in total. The largest absolute Gasteiger partial charge is 0.486 e. The number of aliphatic hydroxyl groups excluding tert-OH is 4. The van der Waals surface area contributed by atoms with Crippen LogP contribution in [0.5, 0.6) is 0 Å². The molecule has 1 aliphatic rings. The molecule has 0 unspecified atom stereocenters. The molecule has 0 aromatic carbocycles. The molecule has 0 radical (unpaired) electrons. The highest BCUT2D eigenvalue weighted by Gasteiger charge is 2.40. The second-order valence-corrected chi connectivity index (χ2v) is 3.23. The average molecular weight is 255 g/mol. The fraction of sp³-hybridized carbons (Fsp3) is 0.714. The topological polar surface area (TPSA) is 90.2 Å². The van der Waals surface area contributed by atoms with Crippen LogP contribution in [0.3, 0.4) is 0 Å². The molecule has 1 rings (SSSR count). The maximum atomic E-state index is 9.31. The summed E-state index contributed by atoms with van der Waals surface area (Å²) in [5.74, 6) is 0.0943. The SMILES string of the molecule is OC[C@H]1O/C(=C\Br)[C@H](O)[C@@H](O)[C@@H]1O. The maximum Gasteiger partial charge on any atom is 0.150 e. The molecule has 0 amide bonds. The lowest BCUT2D eigenvalue weighted by molar-refractivity contribution is -0.164. The number of aliphatic hydroxyl groups is 4. The van der Waals surface area contributed by atoms with E-state index in [1.165, 1.54) is 4.99 Å². The van der Waals surface area contributed by atoms with Gasteiger partial charge in [-0.15, -0.1) is 0 Å². The molecular formula is C7H11BrO5. The lowest BCUT2D eigenvalue weighted by Crippen LogP contribution is -2.52. The highest BCUT2D eigenvalue weighted by Crippen LogP contribution is 2.24. The van der Waals surface area contributed by atoms with Gasteiger partial charge in [0.1, 0.15) is 30.2 Å². The van der Waals surface area contributed by atoms with E-state index in [-0.39, 0.29) is 5.76 Å². The molecule has 1 fully saturated rings. The Balaban J connectivity index is 2.78. The predicted molar refractivity (Wildman–Crippen MR) is 47.0 cm³/mol. The van der Waals surface area contributed by atoms with Crippen molar-refractivity contribution in [3.8, 4) is 0 Å². The Morgan fingerprint density at radius 3 is 2.38 bits per heavy atom. The minimum absolute atomic E-state index is 0.0943. The van der Waals surface area contributed by atoms with Crippen molar-refractivity contribution < 1.29 is 25.2 Å². The van der Waals surface area contributed by atoms with Crippen LogP contribution < -0.4 is 0 Å². The Kier molecular flexibility index (Phi) is 3.69. The van der Waals surface area contributed by atoms with Crippen LogP contribution in [0.15, 0.2) is 10.7 Å². The first-order valence-electron chi connectivity index (χ1n) is 3.73. The zero-order valence-corrected chi connectivity index (χ0v) is 8.25. The second kappa shape index (κ2) is 4.39. The average Bonchev–Trinajstić information content (AvgIpc) is 2.15. The summed E-state index contributed by atoms with van der Waals surface area (Å²) in [6.07, 6.45) is -4.79. The van der Waals surface area contributed by atoms with Crippen LogP contribution in [-0.2, 0) is 4.74 Å². The van der Waals surface area contributed by atoms with Gasteiger partial charge in [0.05, 0.1) is 6.61 Å². The fourth-order valence-electron chi connectivity index (χ4n) is 1.12. The van der Waals surface area contributed by atoms with Crippen molar-refractivity contribution in [3.63, 3.8) is 0 Å². The molecule has 0 saturated carbocycles. The third-order valence-electron chi connectivity index (χ3n) is 1.92. The fourth-order valence-corrected chi connectivity index (χ4v) is 1.50. The molecule has 1 heterocycles. The van der Waals surface area contributed by atoms with Crippen molar-refractivity contribution in [2.75, 3.05) is 6.61 Å². The Bertz CT molecular complexity index is 205. The van der Waals surface area contributed by atoms with Gasteiger partial charge in [-0.2, -0.15) is 0 Å². The summed E-state index contributed by atoms with van der Waals surface area (Å²) in [6.45, 7) is -0.421. The summed E-state index contributed by atoms with van der Waals surface area (Å²) in [5.41, 5.74) is 0. The summed E-state index contributed by atoms with van der Waals surface area (Å²) in [4.78, 5) is 1.30. The summed E-state index contributed by atoms with van der Waals surface area (Å²) in [5, 5.41) is 36.6. The monoisotopic (exact) mass is 254 g/mol. The second-order valence-electron chi connectivity index (χ2n) is 2.78. The van der Waals surface area contributed by atoms with Crippen LogP contribution in [0.25, 0.3) is 0 Å². The van der Waals surface area contributed by atoms with E-state index in [1.807, 2.05) is 0 Å². The molecule has 13 heavy (non-hydrogen) atoms. The van der Waals surface area contributed by atoms with E-state index in [9.17, 15) is 15.3 Å². The molecule has 5 nitrogen and oxygen atoms in total. The van der Waals surface area contributed by atoms with Gasteiger partial charge in [-0.3, -0.25) is 0 Å². The third kappa shape index (κ3) is 2.03. The quantitative estimate of drug-likeness (QED) is 0.467. The molecular weight excluding hydrogens is 244 g/mol. The Hall–Kier alpha value is -0.140. The van der Waals surface area contributed by atoms with E-state index in [2.05, 4.69) is 15.9 Å². The molecule has 4 atom stereocenters. The van der Waals surface area contributed by atoms with Gasteiger partial charge in [0, 0.05) is 4.99 Å². The van der Waals surface area contributed by atoms with Crippen molar-refractivity contribution in [1.82, 2.24) is 0 Å². The molecule has 0 aliphatic carbocycles. The molecule has 0 spiro atoms. The summed E-state index contributed by atoms with van der Waals surface area (Å²) < 4.78 is 4.98. The van der Waals surface area contributed by atoms with E-state index in [4.69, 9.17) is 9.84 Å². The van der Waals surface area contributed by atoms with Gasteiger partial charge in [0.15, 0.2) is 0 Å². The highest BCUT2D eigenvalue weighted by molar-refractivity contribution is 9.11. The van der Waals surface area contributed by atoms with Crippen LogP contribution >= 0.6 is 15.9 Å². The number of ether oxygens (including phenoxy) is 1. The van der Waals surface area contributed by atoms with Crippen LogP contribution in [0, 0.1) is 0 Å². The Morgan fingerprint density at radius 2 is 1.92 bits per heavy atom. The third-order valence-corrected chi connectivity index (χ3v) is 2.37. The van der Waals surface area contributed by atoms with E-state index >= 15 is 0 Å². The Labute approximate surface area is 83.4 Å². The van der Waals surface area contributed by atoms with E-state index in [1.54, 1.807) is 0 Å². The number of rotatable bonds is 1. The lowest BCUT2D eigenvalue weighted by Gasteiger charge is -2.36. The predicted octanol–water partition coefficient (Wildman–Crippen LogP) is -1.30. The molecule has 0 bridgehead atoms. The minimum Gasteiger partial charge on any atom is -0.486 e. The van der Waals surface area contributed by atoms with Crippen molar-refractivity contribution in [1.29, 1.82) is 0 Å². The standard InChI is InChI=1S/C7H11BrO5/c8-1-3-5(10)7(12)6(11)4(2-9)13-3/h1,4-7,9-12H,2H2/b3-1-/t4-,5+,6-,7-/m1/s1. The number of hydrogen-bond acceptors (Lipinski definition) is 5. The summed E-state index contributed by atoms with van der Waals surface area (Å²) >= 11 is 2.93. The van der Waals surface area contributed by atoms with Crippen molar-refractivity contribution in [3.05, 3.63) is 10.7 Å². The number of hydrogen-bond donors (Lipinski definition) is 4. The first kappa shape index (κ1) is 10.9. The summed E-state index contributed by atoms with van der Waals surface area (Å²) in [7, 11) is 0. The van der Waals surface area contributed by atoms with Gasteiger partial charge in [-0.1, -0.05) is 15.9 Å². The van der Waals surface area contributed by atoms with Crippen LogP contribution in [0.1, 0.15) is 0 Å². The Morgan fingerprint density at radius 1 is 1.31 bits per heavy atom. The molecule has 0 aromatic heterocycles. The number of halogens is 1. The molecule has 1 aliphatic heterocycles. The van der Waals surface area contributed by atoms with Crippen LogP contribution in [0.4, 0.5) is 0 Å². The van der Waals surface area contributed by atoms with Gasteiger partial charge < -0.3 is 25.2 Å². The zero-order valence-electron chi connectivity index (χ0n) is 6.67. The van der Waals surface area contributed by atoms with Gasteiger partial charge in [0.25, 0.3) is 0 Å². The van der Waals surface area contributed by atoms with Crippen molar-refractivity contribution in [2.24, 2.45) is 0 Å². The van der Waals surface area contributed by atoms with Gasteiger partial charge in [-0.25, -0.2) is 0 Å². The maximum absolute atomic E-state index is 9.31. The van der Waals surface area contributed by atoms with Gasteiger partial charge in [-0.05, 0) is 0 Å². The van der Waals surface area contributed by atoms with E-state index in [0.717, 1.165) is 0 Å². The molecule has 0 aromatic rings. The molecule has 1 saturated heterocycles. The van der Waals surface area contributed by atoms with E-state index in [0.29, 0.717) is 0 Å². The van der Waals surface area contributed by atoms with Gasteiger partial charge >= 0.3 is 0 Å². The minimum atomic E-state index is -1.34.